The van der Waals surface area contributed by atoms with Crippen molar-refractivity contribution < 1.29 is 33.8 Å². The Labute approximate surface area is 318 Å². The van der Waals surface area contributed by atoms with Crippen molar-refractivity contribution in [2.24, 2.45) is 10.2 Å². The number of nitrogens with zero attached hydrogens (tertiary/aromatic N) is 6. The van der Waals surface area contributed by atoms with Gasteiger partial charge in [-0.05, 0) is 128 Å². The molecule has 2 N–H and O–H groups in total. The lowest BCUT2D eigenvalue weighted by Gasteiger charge is -2.04. The molecule has 0 radical (unpaired) electrons. The van der Waals surface area contributed by atoms with Gasteiger partial charge >= 0.3 is 17.9 Å². The Morgan fingerprint density at radius 2 is 1.41 bits per heavy atom. The third kappa shape index (κ3) is 14.5. The zero-order chi connectivity index (χ0) is 38.5. The second kappa shape index (κ2) is 23.5. The number of benzene rings is 3. The summed E-state index contributed by atoms with van der Waals surface area (Å²) in [6.07, 6.45) is 3.85. The lowest BCUT2D eigenvalue weighted by Crippen LogP contribution is -2.06. The van der Waals surface area contributed by atoms with Crippen LogP contribution in [0.15, 0.2) is 84.1 Å². The molecule has 0 atom stereocenters. The van der Waals surface area contributed by atoms with Gasteiger partial charge in [-0.15, -0.1) is 0 Å². The van der Waals surface area contributed by atoms with E-state index in [0.29, 0.717) is 17.7 Å². The molecular weight excluding hydrogens is 858 g/mol. The number of aryl methyl sites for hydroxylation is 3. The number of hydrogen-bond donors (Lipinski definition) is 2. The van der Waals surface area contributed by atoms with Gasteiger partial charge in [0.15, 0.2) is 6.29 Å². The minimum Gasteiger partial charge on any atom is -0.478 e. The fraction of sp³-hybridized carbons (Fsp3) is 0.235. The fourth-order valence-electron chi connectivity index (χ4n) is 3.82. The van der Waals surface area contributed by atoms with Crippen molar-refractivity contribution >= 4 is 89.0 Å². The first-order valence-corrected chi connectivity index (χ1v) is 17.2. The average molecular weight is 892 g/mol. The summed E-state index contributed by atoms with van der Waals surface area (Å²) in [4.78, 5) is 51.1. The van der Waals surface area contributed by atoms with E-state index in [0.717, 1.165) is 52.9 Å². The van der Waals surface area contributed by atoms with Crippen molar-refractivity contribution in [1.29, 1.82) is 0 Å². The molecule has 0 spiro atoms. The minimum atomic E-state index is -0.914. The summed E-state index contributed by atoms with van der Waals surface area (Å²) in [7, 11) is 0. The van der Waals surface area contributed by atoms with E-state index in [1.807, 2.05) is 63.2 Å². The van der Waals surface area contributed by atoms with Gasteiger partial charge in [-0.3, -0.25) is 9.59 Å². The number of aromatic amines is 1. The number of esters is 2. The molecular formula is C34H34Br3N7O7. The highest BCUT2D eigenvalue weighted by Gasteiger charge is 2.14. The molecule has 1 heterocycles. The number of carbonyl (C=O) groups is 4. The van der Waals surface area contributed by atoms with Gasteiger partial charge in [0.25, 0.3) is 0 Å². The van der Waals surface area contributed by atoms with Gasteiger partial charge in [0.05, 0.1) is 18.8 Å². The van der Waals surface area contributed by atoms with E-state index in [9.17, 15) is 19.2 Å². The molecule has 0 aliphatic heterocycles. The number of aromatic nitrogens is 1. The van der Waals surface area contributed by atoms with E-state index in [1.165, 1.54) is 12.3 Å². The molecule has 14 nitrogen and oxygen atoms in total. The van der Waals surface area contributed by atoms with E-state index >= 15 is 0 Å². The molecule has 0 bridgehead atoms. The maximum atomic E-state index is 11.6. The van der Waals surface area contributed by atoms with Crippen LogP contribution < -0.4 is 0 Å². The van der Waals surface area contributed by atoms with Gasteiger partial charge < -0.3 is 19.6 Å². The van der Waals surface area contributed by atoms with Crippen molar-refractivity contribution in [3.05, 3.63) is 128 Å². The number of carboxylic acids is 1. The van der Waals surface area contributed by atoms with Crippen molar-refractivity contribution in [3.8, 4) is 0 Å². The number of nitrogens with one attached hydrogen (secondary N) is 1. The molecule has 1 aromatic heterocycles. The van der Waals surface area contributed by atoms with Gasteiger partial charge in [-0.2, -0.15) is 0 Å². The van der Waals surface area contributed by atoms with Crippen LogP contribution >= 0.6 is 47.8 Å². The highest BCUT2D eigenvalue weighted by atomic mass is 79.9. The van der Waals surface area contributed by atoms with Crippen LogP contribution in [-0.2, 0) is 19.1 Å². The maximum Gasteiger partial charge on any atom is 0.340 e. The Morgan fingerprint density at radius 3 is 1.92 bits per heavy atom. The topological polar surface area (TPSA) is 220 Å². The average Bonchev–Trinajstić information content (AvgIpc) is 3.55. The monoisotopic (exact) mass is 889 g/mol. The lowest BCUT2D eigenvalue weighted by atomic mass is 10.1. The van der Waals surface area contributed by atoms with E-state index in [1.54, 1.807) is 19.9 Å². The largest absolute Gasteiger partial charge is 0.478 e. The number of aromatic carboxylic acids is 1. The third-order valence-electron chi connectivity index (χ3n) is 6.27. The zero-order valence-electron chi connectivity index (χ0n) is 28.2. The number of azide groups is 2. The quantitative estimate of drug-likeness (QED) is 0.0413. The fourth-order valence-corrected chi connectivity index (χ4v) is 5.12. The molecule has 0 fully saturated rings. The second-order valence-corrected chi connectivity index (χ2v) is 12.2. The second-order valence-electron chi connectivity index (χ2n) is 9.83. The molecule has 4 rings (SSSR count). The summed E-state index contributed by atoms with van der Waals surface area (Å²) < 4.78 is 11.8. The van der Waals surface area contributed by atoms with Crippen LogP contribution in [0.5, 0.6) is 0 Å². The van der Waals surface area contributed by atoms with Crippen LogP contribution in [0.25, 0.3) is 37.9 Å². The summed E-state index contributed by atoms with van der Waals surface area (Å²) >= 11 is 10.1. The first kappa shape index (κ1) is 44.1. The van der Waals surface area contributed by atoms with Gasteiger partial charge in [0.1, 0.15) is 12.2 Å². The highest BCUT2D eigenvalue weighted by molar-refractivity contribution is 9.11. The summed E-state index contributed by atoms with van der Waals surface area (Å²) in [5, 5.41) is 16.0. The van der Waals surface area contributed by atoms with Crippen molar-refractivity contribution in [2.45, 2.75) is 34.6 Å². The Kier molecular flexibility index (Phi) is 20.3. The van der Waals surface area contributed by atoms with Gasteiger partial charge in [-0.25, -0.2) is 9.59 Å². The SMILES string of the molecule is CCOC(=O)/C(=C/c1cccc(C)c1Br)N=[N+]=[N-].CCOC(=O)CN=[N+]=[N-].Cc1ccc2[nH]cc(C(=O)O)c2c1Br.Cc1cccc(C=O)c1Br. The van der Waals surface area contributed by atoms with Crippen molar-refractivity contribution in [3.63, 3.8) is 0 Å². The van der Waals surface area contributed by atoms with E-state index in [2.05, 4.69) is 77.6 Å². The van der Waals surface area contributed by atoms with Crippen LogP contribution in [0, 0.1) is 20.8 Å². The number of carboxylic acid groups (broad SMARTS) is 1. The Bertz CT molecular complexity index is 1980. The number of H-pyrrole nitrogens is 1. The standard InChI is InChI=1S/C12H12BrN3O2.C10H8BrNO2.C8H7BrO.C4H7N3O2/c1-3-18-12(17)10(15-16-14)7-9-6-4-5-8(2)11(9)13;1-5-2-3-7-8(9(5)11)6(4-12-7)10(13)14;1-6-3-2-4-7(5-10)8(6)9;1-2-9-4(8)3-6-7-5/h4-7H,3H2,1-2H3;2-4,12H,1H3,(H,13,14);2-5H,1H3;2-3H2,1H3/b10-7-;;;. The predicted molar refractivity (Wildman–Crippen MR) is 205 cm³/mol. The van der Waals surface area contributed by atoms with Gasteiger partial charge in [0.2, 0.25) is 0 Å². The summed E-state index contributed by atoms with van der Waals surface area (Å²) in [5.74, 6) is -2.04. The number of hydrogen-bond acceptors (Lipinski definition) is 8. The summed E-state index contributed by atoms with van der Waals surface area (Å²) in [6, 6.07) is 15.0. The van der Waals surface area contributed by atoms with Gasteiger partial charge in [-0.1, -0.05) is 52.7 Å². The molecule has 0 unspecified atom stereocenters. The highest BCUT2D eigenvalue weighted by Crippen LogP contribution is 2.30. The summed E-state index contributed by atoms with van der Waals surface area (Å²) in [5.41, 5.74) is 21.9. The molecule has 51 heavy (non-hydrogen) atoms. The molecule has 17 heteroatoms. The normalized spacial score (nSPS) is 9.92. The third-order valence-corrected chi connectivity index (χ3v) is 9.46. The lowest BCUT2D eigenvalue weighted by molar-refractivity contribution is -0.141. The smallest absolute Gasteiger partial charge is 0.340 e. The van der Waals surface area contributed by atoms with E-state index < -0.39 is 17.9 Å². The molecule has 0 aliphatic rings. The number of halogens is 3. The van der Waals surface area contributed by atoms with Crippen molar-refractivity contribution in [2.75, 3.05) is 19.8 Å². The molecule has 0 aliphatic carbocycles. The van der Waals surface area contributed by atoms with E-state index in [-0.39, 0.29) is 18.8 Å². The van der Waals surface area contributed by atoms with Crippen LogP contribution in [0.3, 0.4) is 0 Å². The number of carbonyl (C=O) groups excluding carboxylic acids is 3. The van der Waals surface area contributed by atoms with Crippen LogP contribution in [0.2, 0.25) is 0 Å². The molecule has 3 aromatic carbocycles. The Morgan fingerprint density at radius 1 is 0.843 bits per heavy atom. The van der Waals surface area contributed by atoms with Crippen molar-refractivity contribution in [1.82, 2.24) is 4.98 Å². The van der Waals surface area contributed by atoms with Crippen LogP contribution in [-0.4, -0.2) is 54.0 Å². The predicted octanol–water partition coefficient (Wildman–Crippen LogP) is 10.3. The summed E-state index contributed by atoms with van der Waals surface area (Å²) in [6.45, 7) is 9.52. The van der Waals surface area contributed by atoms with E-state index in [4.69, 9.17) is 20.9 Å². The van der Waals surface area contributed by atoms with Crippen LogP contribution in [0.1, 0.15) is 56.8 Å². The molecule has 0 saturated heterocycles. The zero-order valence-corrected chi connectivity index (χ0v) is 32.9. The van der Waals surface area contributed by atoms with Gasteiger partial charge in [0, 0.05) is 45.9 Å². The maximum absolute atomic E-state index is 11.6. The molecule has 4 aromatic rings. The molecule has 0 amide bonds. The molecule has 0 saturated carbocycles. The number of aldehydes is 1. The number of ether oxygens (including phenoxy) is 2. The Hall–Kier alpha value is -4.92. The molecule has 268 valence electrons. The Balaban J connectivity index is 0.000000353. The van der Waals surface area contributed by atoms with Crippen LogP contribution in [0.4, 0.5) is 0 Å². The first-order valence-electron chi connectivity index (χ1n) is 14.8. The minimum absolute atomic E-state index is 0.0642. The first-order chi connectivity index (χ1) is 24.3. The number of fused-ring (bicyclic) bond motifs is 1. The number of rotatable bonds is 9.